The van der Waals surface area contributed by atoms with Gasteiger partial charge < -0.3 is 10.2 Å². The van der Waals surface area contributed by atoms with Gasteiger partial charge in [0.25, 0.3) is 5.91 Å². The fraction of sp³-hybridized carbons (Fsp3) is 0.267. The quantitative estimate of drug-likeness (QED) is 0.924. The van der Waals surface area contributed by atoms with Crippen molar-refractivity contribution in [2.24, 2.45) is 0 Å². The molecule has 5 nitrogen and oxygen atoms in total. The number of carbonyl (C=O) groups is 1. The van der Waals surface area contributed by atoms with Crippen molar-refractivity contribution in [2.75, 3.05) is 17.3 Å². The third-order valence-corrected chi connectivity index (χ3v) is 3.25. The molecule has 2 aromatic rings. The number of carbonyl (C=O) groups excluding carboxylic acids is 1. The van der Waals surface area contributed by atoms with E-state index in [4.69, 9.17) is 0 Å². The minimum absolute atomic E-state index is 0.143. The van der Waals surface area contributed by atoms with E-state index >= 15 is 0 Å². The number of hydrogen-bond acceptors (Lipinski definition) is 4. The number of aromatic nitrogens is 2. The van der Waals surface area contributed by atoms with E-state index in [9.17, 15) is 4.79 Å². The lowest BCUT2D eigenvalue weighted by atomic mass is 10.3. The van der Waals surface area contributed by atoms with E-state index in [0.29, 0.717) is 11.7 Å². The molecule has 0 aromatic carbocycles. The standard InChI is InChI=1S/C15H16N4O/c1-19(15(20)13-4-2-3-9-16-13)12-7-8-14(17-10-12)18-11-5-6-11/h2-4,7-11H,5-6H2,1H3,(H,17,18). The van der Waals surface area contributed by atoms with E-state index < -0.39 is 0 Å². The number of nitrogens with one attached hydrogen (secondary N) is 1. The molecule has 0 spiro atoms. The van der Waals surface area contributed by atoms with Crippen LogP contribution in [-0.4, -0.2) is 29.0 Å². The Hall–Kier alpha value is -2.43. The Balaban J connectivity index is 1.72. The highest BCUT2D eigenvalue weighted by atomic mass is 16.2. The van der Waals surface area contributed by atoms with Crippen LogP contribution in [0.15, 0.2) is 42.7 Å². The Morgan fingerprint density at radius 2 is 2.10 bits per heavy atom. The Morgan fingerprint density at radius 1 is 1.25 bits per heavy atom. The molecule has 5 heteroatoms. The van der Waals surface area contributed by atoms with Crippen molar-refractivity contribution in [3.05, 3.63) is 48.4 Å². The van der Waals surface area contributed by atoms with Gasteiger partial charge in [-0.15, -0.1) is 0 Å². The molecule has 0 unspecified atom stereocenters. The van der Waals surface area contributed by atoms with Crippen molar-refractivity contribution in [2.45, 2.75) is 18.9 Å². The van der Waals surface area contributed by atoms with Crippen molar-refractivity contribution in [3.8, 4) is 0 Å². The van der Waals surface area contributed by atoms with E-state index in [1.807, 2.05) is 12.1 Å². The van der Waals surface area contributed by atoms with Crippen LogP contribution in [0.4, 0.5) is 11.5 Å². The number of anilines is 2. The van der Waals surface area contributed by atoms with Crippen LogP contribution < -0.4 is 10.2 Å². The van der Waals surface area contributed by atoms with Crippen LogP contribution >= 0.6 is 0 Å². The molecule has 0 radical (unpaired) electrons. The molecule has 1 fully saturated rings. The average Bonchev–Trinajstić information content (AvgIpc) is 3.31. The molecule has 102 valence electrons. The van der Waals surface area contributed by atoms with Crippen LogP contribution in [-0.2, 0) is 0 Å². The van der Waals surface area contributed by atoms with Gasteiger partial charge in [-0.2, -0.15) is 0 Å². The third kappa shape index (κ3) is 2.77. The zero-order chi connectivity index (χ0) is 13.9. The van der Waals surface area contributed by atoms with Gasteiger partial charge in [-0.1, -0.05) is 6.07 Å². The van der Waals surface area contributed by atoms with Gasteiger partial charge in [0, 0.05) is 19.3 Å². The van der Waals surface area contributed by atoms with Crippen molar-refractivity contribution >= 4 is 17.4 Å². The Labute approximate surface area is 117 Å². The number of pyridine rings is 2. The van der Waals surface area contributed by atoms with E-state index in [1.165, 1.54) is 12.8 Å². The third-order valence-electron chi connectivity index (χ3n) is 3.25. The van der Waals surface area contributed by atoms with Gasteiger partial charge in [0.15, 0.2) is 0 Å². The van der Waals surface area contributed by atoms with Gasteiger partial charge >= 0.3 is 0 Å². The normalized spacial score (nSPS) is 13.8. The number of amides is 1. The summed E-state index contributed by atoms with van der Waals surface area (Å²) in [7, 11) is 1.72. The second-order valence-corrected chi connectivity index (χ2v) is 4.90. The molecule has 1 aliphatic rings. The first-order chi connectivity index (χ1) is 9.74. The Bertz CT molecular complexity index is 593. The average molecular weight is 268 g/mol. The summed E-state index contributed by atoms with van der Waals surface area (Å²) >= 11 is 0. The van der Waals surface area contributed by atoms with Gasteiger partial charge in [0.05, 0.1) is 11.9 Å². The van der Waals surface area contributed by atoms with Crippen LogP contribution in [0.2, 0.25) is 0 Å². The van der Waals surface area contributed by atoms with E-state index in [1.54, 1.807) is 42.5 Å². The summed E-state index contributed by atoms with van der Waals surface area (Å²) in [5, 5.41) is 3.32. The van der Waals surface area contributed by atoms with Crippen LogP contribution in [0.3, 0.4) is 0 Å². The summed E-state index contributed by atoms with van der Waals surface area (Å²) in [6.45, 7) is 0. The second kappa shape index (κ2) is 5.28. The first-order valence-electron chi connectivity index (χ1n) is 6.66. The summed E-state index contributed by atoms with van der Waals surface area (Å²) in [6, 6.07) is 9.65. The summed E-state index contributed by atoms with van der Waals surface area (Å²) in [6.07, 6.45) is 5.73. The molecule has 2 heterocycles. The lowest BCUT2D eigenvalue weighted by molar-refractivity contribution is 0.0988. The van der Waals surface area contributed by atoms with Crippen LogP contribution in [0.1, 0.15) is 23.3 Å². The fourth-order valence-electron chi connectivity index (χ4n) is 1.89. The SMILES string of the molecule is CN(C(=O)c1ccccn1)c1ccc(NC2CC2)nc1. The molecular weight excluding hydrogens is 252 g/mol. The topological polar surface area (TPSA) is 58.1 Å². The molecule has 1 aliphatic carbocycles. The van der Waals surface area contributed by atoms with Crippen molar-refractivity contribution in [1.29, 1.82) is 0 Å². The first-order valence-corrected chi connectivity index (χ1v) is 6.66. The molecule has 1 saturated carbocycles. The largest absolute Gasteiger partial charge is 0.367 e. The van der Waals surface area contributed by atoms with E-state index in [-0.39, 0.29) is 5.91 Å². The lowest BCUT2D eigenvalue weighted by Crippen LogP contribution is -2.27. The summed E-state index contributed by atoms with van der Waals surface area (Å²) in [4.78, 5) is 22.2. The predicted octanol–water partition coefficient (Wildman–Crippen LogP) is 2.33. The number of rotatable bonds is 4. The molecule has 0 aliphatic heterocycles. The maximum atomic E-state index is 12.2. The number of nitrogens with zero attached hydrogens (tertiary/aromatic N) is 3. The lowest BCUT2D eigenvalue weighted by Gasteiger charge is -2.16. The highest BCUT2D eigenvalue weighted by Gasteiger charge is 2.21. The summed E-state index contributed by atoms with van der Waals surface area (Å²) in [5.41, 5.74) is 1.18. The highest BCUT2D eigenvalue weighted by molar-refractivity contribution is 6.04. The van der Waals surface area contributed by atoms with Crippen molar-refractivity contribution < 1.29 is 4.79 Å². The molecule has 0 atom stereocenters. The summed E-state index contributed by atoms with van der Waals surface area (Å²) < 4.78 is 0. The predicted molar refractivity (Wildman–Crippen MR) is 77.9 cm³/mol. The maximum absolute atomic E-state index is 12.2. The smallest absolute Gasteiger partial charge is 0.276 e. The molecule has 3 rings (SSSR count). The zero-order valence-electron chi connectivity index (χ0n) is 11.3. The molecule has 2 aromatic heterocycles. The second-order valence-electron chi connectivity index (χ2n) is 4.90. The molecule has 1 amide bonds. The van der Waals surface area contributed by atoms with Gasteiger partial charge in [-0.3, -0.25) is 9.78 Å². The first kappa shape index (κ1) is 12.6. The summed E-state index contributed by atoms with van der Waals surface area (Å²) in [5.74, 6) is 0.713. The highest BCUT2D eigenvalue weighted by Crippen LogP contribution is 2.24. The molecule has 0 saturated heterocycles. The zero-order valence-corrected chi connectivity index (χ0v) is 11.3. The molecule has 1 N–H and O–H groups in total. The van der Waals surface area contributed by atoms with Gasteiger partial charge in [0.2, 0.25) is 0 Å². The van der Waals surface area contributed by atoms with Gasteiger partial charge in [-0.05, 0) is 37.1 Å². The molecule has 0 bridgehead atoms. The van der Waals surface area contributed by atoms with Crippen LogP contribution in [0, 0.1) is 0 Å². The minimum atomic E-state index is -0.143. The Kier molecular flexibility index (Phi) is 3.33. The van der Waals surface area contributed by atoms with Gasteiger partial charge in [0.1, 0.15) is 11.5 Å². The van der Waals surface area contributed by atoms with Crippen LogP contribution in [0.25, 0.3) is 0 Å². The van der Waals surface area contributed by atoms with Crippen molar-refractivity contribution in [3.63, 3.8) is 0 Å². The molecule has 20 heavy (non-hydrogen) atoms. The number of hydrogen-bond donors (Lipinski definition) is 1. The minimum Gasteiger partial charge on any atom is -0.367 e. The van der Waals surface area contributed by atoms with Gasteiger partial charge in [-0.25, -0.2) is 4.98 Å². The van der Waals surface area contributed by atoms with E-state index in [2.05, 4.69) is 15.3 Å². The van der Waals surface area contributed by atoms with Crippen molar-refractivity contribution in [1.82, 2.24) is 9.97 Å². The maximum Gasteiger partial charge on any atom is 0.276 e. The Morgan fingerprint density at radius 3 is 2.70 bits per heavy atom. The van der Waals surface area contributed by atoms with Crippen LogP contribution in [0.5, 0.6) is 0 Å². The monoisotopic (exact) mass is 268 g/mol. The fourth-order valence-corrected chi connectivity index (χ4v) is 1.89. The van der Waals surface area contributed by atoms with E-state index in [0.717, 1.165) is 11.5 Å². The molecular formula is C15H16N4O.